The van der Waals surface area contributed by atoms with E-state index >= 15 is 0 Å². The van der Waals surface area contributed by atoms with Gasteiger partial charge in [0.2, 0.25) is 0 Å². The molecule has 0 saturated carbocycles. The number of alkyl carbamates (subject to hydrolysis) is 1. The maximum Gasteiger partial charge on any atom is 0.410 e. The van der Waals surface area contributed by atoms with Crippen molar-refractivity contribution in [1.82, 2.24) is 55.1 Å². The number of para-hydroxylation sites is 1. The summed E-state index contributed by atoms with van der Waals surface area (Å²) in [6.07, 6.45) is 11.2. The van der Waals surface area contributed by atoms with E-state index in [2.05, 4.69) is 196 Å². The Balaban J connectivity index is 0.000000156. The molecule has 4 aliphatic heterocycles. The number of hydrogen-bond donors (Lipinski definition) is 2. The Hall–Kier alpha value is -9.42. The summed E-state index contributed by atoms with van der Waals surface area (Å²) >= 11 is 0. The van der Waals surface area contributed by atoms with E-state index in [1.165, 1.54) is 56.1 Å². The van der Waals surface area contributed by atoms with Gasteiger partial charge in [0.25, 0.3) is 0 Å². The van der Waals surface area contributed by atoms with Gasteiger partial charge in [0.05, 0.1) is 5.69 Å². The summed E-state index contributed by atoms with van der Waals surface area (Å²) in [6.45, 7) is 35.2. The molecular weight excluding hydrogens is 1390 g/mol. The van der Waals surface area contributed by atoms with Crippen LogP contribution >= 0.6 is 12.4 Å². The second kappa shape index (κ2) is 40.3. The van der Waals surface area contributed by atoms with Gasteiger partial charge in [-0.05, 0) is 165 Å². The number of piperazine rings is 4. The lowest BCUT2D eigenvalue weighted by Crippen LogP contribution is -2.47. The number of carbonyl (C=O) groups excluding carboxylic acids is 2. The molecule has 2 amide bonds. The summed E-state index contributed by atoms with van der Waals surface area (Å²) in [5.41, 5.74) is 0.375. The number of nitrogens with one attached hydrogen (secondary N) is 2. The molecule has 4 saturated heterocycles. The monoisotopic (exact) mass is 1500 g/mol. The maximum atomic E-state index is 12.0. The zero-order valence-corrected chi connectivity index (χ0v) is 66.5. The first-order valence-electron chi connectivity index (χ1n) is 38.9. The number of amides is 2. The van der Waals surface area contributed by atoms with E-state index in [1.54, 1.807) is 18.0 Å². The van der Waals surface area contributed by atoms with Gasteiger partial charge >= 0.3 is 17.8 Å². The smallest absolute Gasteiger partial charge is 0.410 e. The van der Waals surface area contributed by atoms with Crippen molar-refractivity contribution in [1.29, 1.82) is 0 Å². The Morgan fingerprint density at radius 2 is 0.761 bits per heavy atom. The zero-order valence-electron chi connectivity index (χ0n) is 65.7. The lowest BCUT2D eigenvalue weighted by atomic mass is 10.1. The molecule has 4 aliphatic rings. The Morgan fingerprint density at radius 3 is 1.13 bits per heavy atom. The minimum absolute atomic E-state index is 0. The van der Waals surface area contributed by atoms with Crippen LogP contribution in [0.3, 0.4) is 0 Å². The van der Waals surface area contributed by atoms with Crippen molar-refractivity contribution in [3.63, 3.8) is 0 Å². The van der Waals surface area contributed by atoms with Crippen molar-refractivity contribution in [2.75, 3.05) is 203 Å². The first-order chi connectivity index (χ1) is 52.3. The number of benzene rings is 5. The van der Waals surface area contributed by atoms with Crippen LogP contribution in [0.4, 0.5) is 38.5 Å². The number of fused-ring (bicyclic) bond motifs is 5. The summed E-state index contributed by atoms with van der Waals surface area (Å²) < 4.78 is 16.0. The van der Waals surface area contributed by atoms with Crippen LogP contribution in [0.15, 0.2) is 186 Å². The number of halogens is 1. The highest BCUT2D eigenvalue weighted by Gasteiger charge is 2.26. The second-order valence-electron chi connectivity index (χ2n) is 30.5. The van der Waals surface area contributed by atoms with Gasteiger partial charge in [-0.1, -0.05) is 109 Å². The Kier molecular flexibility index (Phi) is 30.4. The van der Waals surface area contributed by atoms with Crippen LogP contribution in [-0.2, 0) is 9.47 Å². The summed E-state index contributed by atoms with van der Waals surface area (Å²) in [5, 5.41) is 16.9. The highest BCUT2D eigenvalue weighted by atomic mass is 35.5. The van der Waals surface area contributed by atoms with Crippen molar-refractivity contribution < 1.29 is 23.5 Å². The van der Waals surface area contributed by atoms with Crippen LogP contribution in [-0.4, -0.2) is 246 Å². The SMILES string of the molecule is CC(C)(C)OC(=O)NCCCN1CCN(c2nccc3ccccc23)CC1.CN(CCCN1CCN(c2nccc3ccccc23)CC1)C(=O)OC(C)(C)C.CN(CCCN1CCN(c2nccc3ccccc23)CC1)c1cc(=O)oc2ccccc12.CNCCCN1CCN(c2nccc3ccccc23)CC1.Cl. The molecule has 0 radical (unpaired) electrons. The van der Waals surface area contributed by atoms with Gasteiger partial charge < -0.3 is 53.9 Å². The summed E-state index contributed by atoms with van der Waals surface area (Å²) in [7, 11) is 5.87. The van der Waals surface area contributed by atoms with Crippen molar-refractivity contribution >= 4 is 108 Å². The standard InChI is InChI=1S/C26H28N4O2.C22H32N4O2.C21H30N4O2.C17H24N4.ClH/c1-28(23-19-25(31)32-24-10-5-4-9-22(23)24)13-6-14-29-15-17-30(18-16-29)26-21-8-3-2-7-20(21)11-12-27-26;1-22(2,3)28-21(27)24(4)12-7-13-25-14-16-26(17-15-25)20-19-9-6-5-8-18(19)10-11-23-20;1-21(2,3)27-20(26)23-10-6-12-24-13-15-25(16-14-24)19-18-8-5-4-7-17(18)9-11-22-19;1-18-8-4-10-20-11-13-21(14-12-20)17-16-6-3-2-5-15(16)7-9-19-17;/h2-5,7-12,19H,6,13-18H2,1H3;5-6,8-11H,7,12-17H2,1-4H3;4-5,7-9,11H,6,10,12-16H2,1-3H3,(H,23,26);2-3,5-7,9,18H,4,8,10-14H2,1H3;1H. The molecule has 109 heavy (non-hydrogen) atoms. The molecule has 0 aliphatic carbocycles. The largest absolute Gasteiger partial charge is 0.444 e. The highest BCUT2D eigenvalue weighted by Crippen LogP contribution is 2.31. The van der Waals surface area contributed by atoms with E-state index < -0.39 is 11.2 Å². The molecular formula is C86H115ClN16O6. The molecule has 14 rings (SSSR count). The number of aromatic nitrogens is 4. The number of pyridine rings is 4. The molecule has 5 aromatic heterocycles. The number of nitrogens with zero attached hydrogens (tertiary/aromatic N) is 14. The number of ether oxygens (including phenoxy) is 2. The van der Waals surface area contributed by atoms with Gasteiger partial charge in [-0.15, -0.1) is 12.4 Å². The van der Waals surface area contributed by atoms with Gasteiger partial charge in [-0.25, -0.2) is 34.3 Å². The molecule has 0 bridgehead atoms. The number of rotatable bonds is 21. The van der Waals surface area contributed by atoms with E-state index in [0.29, 0.717) is 18.7 Å². The molecule has 22 nitrogen and oxygen atoms in total. The molecule has 0 atom stereocenters. The summed E-state index contributed by atoms with van der Waals surface area (Å²) in [6, 6.07) is 51.4. The Morgan fingerprint density at radius 1 is 0.431 bits per heavy atom. The van der Waals surface area contributed by atoms with Gasteiger partial charge in [0.1, 0.15) is 40.1 Å². The van der Waals surface area contributed by atoms with E-state index in [9.17, 15) is 14.4 Å². The molecule has 10 aromatic rings. The topological polar surface area (TPSA) is 191 Å². The Bertz CT molecular complexity index is 4520. The maximum absolute atomic E-state index is 12.0. The molecule has 9 heterocycles. The van der Waals surface area contributed by atoms with Crippen molar-refractivity contribution in [3.05, 3.63) is 187 Å². The van der Waals surface area contributed by atoms with Gasteiger partial charge in [0, 0.05) is 196 Å². The minimum Gasteiger partial charge on any atom is -0.444 e. The van der Waals surface area contributed by atoms with Gasteiger partial charge in [-0.3, -0.25) is 19.6 Å². The molecule has 23 heteroatoms. The Labute approximate surface area is 650 Å². The number of hydrogen-bond acceptors (Lipinski definition) is 20. The third kappa shape index (κ3) is 24.0. The second-order valence-corrected chi connectivity index (χ2v) is 30.5. The van der Waals surface area contributed by atoms with E-state index in [4.69, 9.17) is 13.9 Å². The van der Waals surface area contributed by atoms with Crippen LogP contribution in [0.5, 0.6) is 0 Å². The number of carbonyl (C=O) groups is 2. The number of anilines is 5. The first kappa shape index (κ1) is 82.1. The van der Waals surface area contributed by atoms with Crippen molar-refractivity contribution in [3.8, 4) is 0 Å². The predicted molar refractivity (Wildman–Crippen MR) is 450 cm³/mol. The molecule has 2 N–H and O–H groups in total. The molecule has 4 fully saturated rings. The lowest BCUT2D eigenvalue weighted by Gasteiger charge is -2.36. The van der Waals surface area contributed by atoms with E-state index in [1.807, 2.05) is 105 Å². The average molecular weight is 1500 g/mol. The fourth-order valence-corrected chi connectivity index (χ4v) is 14.5. The van der Waals surface area contributed by atoms with Crippen LogP contribution < -0.4 is 40.8 Å². The van der Waals surface area contributed by atoms with E-state index in [0.717, 1.165) is 191 Å². The van der Waals surface area contributed by atoms with Crippen molar-refractivity contribution in [2.24, 2.45) is 0 Å². The van der Waals surface area contributed by atoms with Crippen molar-refractivity contribution in [2.45, 2.75) is 78.4 Å². The summed E-state index contributed by atoms with van der Waals surface area (Å²) in [4.78, 5) is 77.6. The van der Waals surface area contributed by atoms with Crippen LogP contribution in [0.2, 0.25) is 0 Å². The van der Waals surface area contributed by atoms with E-state index in [-0.39, 0.29) is 30.2 Å². The average Bonchev–Trinajstić information content (AvgIpc) is 0.831. The highest BCUT2D eigenvalue weighted by molar-refractivity contribution is 5.95. The third-order valence-corrected chi connectivity index (χ3v) is 20.2. The predicted octanol–water partition coefficient (Wildman–Crippen LogP) is 13.3. The van der Waals surface area contributed by atoms with Crippen LogP contribution in [0.25, 0.3) is 54.1 Å². The third-order valence-electron chi connectivity index (χ3n) is 20.2. The molecule has 0 unspecified atom stereocenters. The lowest BCUT2D eigenvalue weighted by molar-refractivity contribution is 0.0292. The molecule has 582 valence electrons. The summed E-state index contributed by atoms with van der Waals surface area (Å²) in [5.74, 6) is 4.40. The minimum atomic E-state index is -0.448. The molecule has 0 spiro atoms. The normalized spacial score (nSPS) is 15.5. The first-order valence-corrected chi connectivity index (χ1v) is 38.9. The zero-order chi connectivity index (χ0) is 75.8. The quantitative estimate of drug-likeness (QED) is 0.0509. The van der Waals surface area contributed by atoms with Gasteiger partial charge in [-0.2, -0.15) is 0 Å². The molecule has 5 aromatic carbocycles. The fraction of sp³-hybridized carbons (Fsp3) is 0.453. The van der Waals surface area contributed by atoms with Gasteiger partial charge in [0.15, 0.2) is 0 Å². The fourth-order valence-electron chi connectivity index (χ4n) is 14.5. The van der Waals surface area contributed by atoms with Crippen LogP contribution in [0.1, 0.15) is 67.2 Å². The van der Waals surface area contributed by atoms with Crippen LogP contribution in [0, 0.1) is 0 Å².